The van der Waals surface area contributed by atoms with E-state index in [1.54, 1.807) is 7.11 Å². The summed E-state index contributed by atoms with van der Waals surface area (Å²) in [6.45, 7) is 8.54. The van der Waals surface area contributed by atoms with Gasteiger partial charge in [-0.25, -0.2) is 4.39 Å². The number of halogens is 1. The van der Waals surface area contributed by atoms with Gasteiger partial charge in [-0.1, -0.05) is 20.3 Å². The lowest BCUT2D eigenvalue weighted by atomic mass is 9.95. The average molecular weight is 280 g/mol. The Morgan fingerprint density at radius 3 is 2.90 bits per heavy atom. The van der Waals surface area contributed by atoms with Gasteiger partial charge in [0.05, 0.1) is 12.8 Å². The molecule has 0 bridgehead atoms. The second kappa shape index (κ2) is 6.44. The van der Waals surface area contributed by atoms with Crippen molar-refractivity contribution < 1.29 is 9.13 Å². The molecule has 0 spiro atoms. The largest absolute Gasteiger partial charge is 0.494 e. The lowest BCUT2D eigenvalue weighted by Gasteiger charge is -2.42. The summed E-state index contributed by atoms with van der Waals surface area (Å²) in [5.41, 5.74) is 0.983. The van der Waals surface area contributed by atoms with Gasteiger partial charge < -0.3 is 15.0 Å². The van der Waals surface area contributed by atoms with E-state index in [1.165, 1.54) is 12.1 Å². The van der Waals surface area contributed by atoms with Gasteiger partial charge in [0.25, 0.3) is 0 Å². The second-order valence-corrected chi connectivity index (χ2v) is 5.72. The minimum atomic E-state index is -0.258. The van der Waals surface area contributed by atoms with Gasteiger partial charge in [-0.05, 0) is 25.0 Å². The highest BCUT2D eigenvalue weighted by Crippen LogP contribution is 2.32. The van der Waals surface area contributed by atoms with Crippen LogP contribution in [0.5, 0.6) is 5.75 Å². The van der Waals surface area contributed by atoms with Crippen molar-refractivity contribution in [2.24, 2.45) is 5.92 Å². The highest BCUT2D eigenvalue weighted by molar-refractivity contribution is 5.59. The molecular weight excluding hydrogens is 255 g/mol. The third-order valence-corrected chi connectivity index (χ3v) is 4.38. The fraction of sp³-hybridized carbons (Fsp3) is 0.625. The van der Waals surface area contributed by atoms with Crippen molar-refractivity contribution in [3.05, 3.63) is 24.0 Å². The van der Waals surface area contributed by atoms with Crippen LogP contribution < -0.4 is 15.0 Å². The number of anilines is 1. The summed E-state index contributed by atoms with van der Waals surface area (Å²) in [4.78, 5) is 2.33. The number of hydrogen-bond donors (Lipinski definition) is 1. The average Bonchev–Trinajstić information content (AvgIpc) is 2.47. The molecule has 0 amide bonds. The Morgan fingerprint density at radius 2 is 2.25 bits per heavy atom. The SMILES string of the molecule is CCC(C)C1CN(c2ccc(F)cc2OC)C(C)CN1. The summed E-state index contributed by atoms with van der Waals surface area (Å²) in [6.07, 6.45) is 1.15. The zero-order valence-electron chi connectivity index (χ0n) is 12.8. The van der Waals surface area contributed by atoms with Crippen molar-refractivity contribution in [3.63, 3.8) is 0 Å². The predicted octanol–water partition coefficient (Wildman–Crippen LogP) is 3.05. The number of rotatable bonds is 4. The smallest absolute Gasteiger partial charge is 0.145 e. The molecule has 1 fully saturated rings. The van der Waals surface area contributed by atoms with Gasteiger partial charge in [-0.3, -0.25) is 0 Å². The number of nitrogens with one attached hydrogen (secondary N) is 1. The van der Waals surface area contributed by atoms with E-state index in [0.29, 0.717) is 23.8 Å². The monoisotopic (exact) mass is 280 g/mol. The minimum absolute atomic E-state index is 0.258. The van der Waals surface area contributed by atoms with Gasteiger partial charge >= 0.3 is 0 Å². The van der Waals surface area contributed by atoms with E-state index in [2.05, 4.69) is 31.0 Å². The first kappa shape index (κ1) is 15.1. The van der Waals surface area contributed by atoms with E-state index < -0.39 is 0 Å². The molecular formula is C16H25FN2O. The quantitative estimate of drug-likeness (QED) is 0.917. The van der Waals surface area contributed by atoms with Crippen molar-refractivity contribution in [1.29, 1.82) is 0 Å². The predicted molar refractivity (Wildman–Crippen MR) is 81.0 cm³/mol. The van der Waals surface area contributed by atoms with Crippen molar-refractivity contribution in [2.75, 3.05) is 25.1 Å². The Balaban J connectivity index is 2.25. The molecule has 1 N–H and O–H groups in total. The number of benzene rings is 1. The fourth-order valence-electron chi connectivity index (χ4n) is 2.78. The summed E-state index contributed by atoms with van der Waals surface area (Å²) < 4.78 is 18.7. The molecule has 1 saturated heterocycles. The Bertz CT molecular complexity index is 452. The van der Waals surface area contributed by atoms with E-state index in [9.17, 15) is 4.39 Å². The number of hydrogen-bond acceptors (Lipinski definition) is 3. The Morgan fingerprint density at radius 1 is 1.50 bits per heavy atom. The van der Waals surface area contributed by atoms with Crippen LogP contribution in [0.2, 0.25) is 0 Å². The van der Waals surface area contributed by atoms with Crippen LogP contribution in [0.3, 0.4) is 0 Å². The highest BCUT2D eigenvalue weighted by atomic mass is 19.1. The van der Waals surface area contributed by atoms with Gasteiger partial charge in [-0.2, -0.15) is 0 Å². The summed E-state index contributed by atoms with van der Waals surface area (Å²) in [5.74, 6) is 0.977. The van der Waals surface area contributed by atoms with Crippen molar-refractivity contribution in [2.45, 2.75) is 39.3 Å². The molecule has 0 saturated carbocycles. The zero-order chi connectivity index (χ0) is 14.7. The topological polar surface area (TPSA) is 24.5 Å². The summed E-state index contributed by atoms with van der Waals surface area (Å²) >= 11 is 0. The lowest BCUT2D eigenvalue weighted by Crippen LogP contribution is -2.57. The van der Waals surface area contributed by atoms with Gasteiger partial charge in [0.2, 0.25) is 0 Å². The van der Waals surface area contributed by atoms with E-state index in [1.807, 2.05) is 6.07 Å². The van der Waals surface area contributed by atoms with Crippen molar-refractivity contribution in [1.82, 2.24) is 5.32 Å². The van der Waals surface area contributed by atoms with Gasteiger partial charge in [0.1, 0.15) is 11.6 Å². The van der Waals surface area contributed by atoms with Crippen LogP contribution in [0.25, 0.3) is 0 Å². The minimum Gasteiger partial charge on any atom is -0.494 e. The Labute approximate surface area is 121 Å². The second-order valence-electron chi connectivity index (χ2n) is 5.72. The van der Waals surface area contributed by atoms with Crippen LogP contribution in [-0.4, -0.2) is 32.3 Å². The number of methoxy groups -OCH3 is 1. The summed E-state index contributed by atoms with van der Waals surface area (Å²) in [5, 5.41) is 3.61. The first-order chi connectivity index (χ1) is 9.56. The van der Waals surface area contributed by atoms with E-state index >= 15 is 0 Å². The molecule has 1 heterocycles. The Kier molecular flexibility index (Phi) is 4.86. The number of nitrogens with zero attached hydrogens (tertiary/aromatic N) is 1. The maximum absolute atomic E-state index is 13.3. The van der Waals surface area contributed by atoms with E-state index in [0.717, 1.165) is 25.2 Å². The molecule has 0 aromatic heterocycles. The molecule has 3 atom stereocenters. The molecule has 0 aliphatic carbocycles. The van der Waals surface area contributed by atoms with Crippen LogP contribution >= 0.6 is 0 Å². The number of piperazine rings is 1. The van der Waals surface area contributed by atoms with Crippen LogP contribution in [0.15, 0.2) is 18.2 Å². The molecule has 3 unspecified atom stereocenters. The third kappa shape index (κ3) is 3.06. The fourth-order valence-corrected chi connectivity index (χ4v) is 2.78. The van der Waals surface area contributed by atoms with Crippen LogP contribution in [0.4, 0.5) is 10.1 Å². The van der Waals surface area contributed by atoms with Gasteiger partial charge in [-0.15, -0.1) is 0 Å². The van der Waals surface area contributed by atoms with Crippen LogP contribution in [0, 0.1) is 11.7 Å². The van der Waals surface area contributed by atoms with Gasteiger partial charge in [0.15, 0.2) is 0 Å². The molecule has 112 valence electrons. The maximum Gasteiger partial charge on any atom is 0.145 e. The molecule has 3 nitrogen and oxygen atoms in total. The molecule has 1 aromatic rings. The van der Waals surface area contributed by atoms with E-state index in [4.69, 9.17) is 4.74 Å². The molecule has 1 aromatic carbocycles. The zero-order valence-corrected chi connectivity index (χ0v) is 12.8. The third-order valence-electron chi connectivity index (χ3n) is 4.38. The summed E-state index contributed by atoms with van der Waals surface area (Å²) in [6, 6.07) is 5.62. The number of ether oxygens (including phenoxy) is 1. The molecule has 0 radical (unpaired) electrons. The maximum atomic E-state index is 13.3. The Hall–Kier alpha value is -1.29. The first-order valence-corrected chi connectivity index (χ1v) is 7.40. The van der Waals surface area contributed by atoms with E-state index in [-0.39, 0.29) is 5.82 Å². The van der Waals surface area contributed by atoms with Crippen LogP contribution in [-0.2, 0) is 0 Å². The van der Waals surface area contributed by atoms with Gasteiger partial charge in [0, 0.05) is 31.2 Å². The molecule has 4 heteroatoms. The molecule has 20 heavy (non-hydrogen) atoms. The highest BCUT2D eigenvalue weighted by Gasteiger charge is 2.29. The normalized spacial score (nSPS) is 24.6. The lowest BCUT2D eigenvalue weighted by molar-refractivity contribution is 0.313. The standard InChI is InChI=1S/C16H25FN2O/c1-5-11(2)14-10-19(12(3)9-18-14)15-7-6-13(17)8-16(15)20-4/h6-8,11-12,14,18H,5,9-10H2,1-4H3. The van der Waals surface area contributed by atoms with Crippen molar-refractivity contribution >= 4 is 5.69 Å². The summed E-state index contributed by atoms with van der Waals surface area (Å²) in [7, 11) is 1.59. The molecule has 2 rings (SSSR count). The van der Waals surface area contributed by atoms with Crippen LogP contribution in [0.1, 0.15) is 27.2 Å². The first-order valence-electron chi connectivity index (χ1n) is 7.40. The molecule has 1 aliphatic rings. The van der Waals surface area contributed by atoms with Crippen molar-refractivity contribution in [3.8, 4) is 5.75 Å². The molecule has 1 aliphatic heterocycles.